The summed E-state index contributed by atoms with van der Waals surface area (Å²) in [6.45, 7) is 5.95. The van der Waals surface area contributed by atoms with Crippen LogP contribution < -0.4 is 10.2 Å². The lowest BCUT2D eigenvalue weighted by Crippen LogP contribution is -2.47. The van der Waals surface area contributed by atoms with Crippen molar-refractivity contribution in [1.29, 1.82) is 0 Å². The molecule has 1 heterocycles. The van der Waals surface area contributed by atoms with E-state index in [2.05, 4.69) is 39.4 Å². The van der Waals surface area contributed by atoms with Crippen LogP contribution in [0.4, 0.5) is 10.1 Å². The van der Waals surface area contributed by atoms with E-state index in [4.69, 9.17) is 0 Å². The summed E-state index contributed by atoms with van der Waals surface area (Å²) in [5, 5.41) is 2.99. The molecule has 3 rings (SSSR count). The Bertz CT molecular complexity index is 697. The molecule has 5 heteroatoms. The monoisotopic (exact) mass is 369 g/mol. The van der Waals surface area contributed by atoms with Crippen LogP contribution >= 0.6 is 0 Å². The van der Waals surface area contributed by atoms with Gasteiger partial charge in [0.25, 0.3) is 0 Å². The molecule has 1 fully saturated rings. The number of carbonyl (C=O) groups is 1. The number of rotatable bonds is 8. The lowest BCUT2D eigenvalue weighted by atomic mass is 10.1. The fourth-order valence-corrected chi connectivity index (χ4v) is 3.40. The van der Waals surface area contributed by atoms with Gasteiger partial charge in [-0.25, -0.2) is 4.39 Å². The first-order valence-electron chi connectivity index (χ1n) is 9.74. The molecule has 144 valence electrons. The summed E-state index contributed by atoms with van der Waals surface area (Å²) in [6.07, 6.45) is 2.06. The third-order valence-electron chi connectivity index (χ3n) is 5.02. The maximum absolute atomic E-state index is 12.9. The summed E-state index contributed by atoms with van der Waals surface area (Å²) >= 11 is 0. The van der Waals surface area contributed by atoms with Crippen molar-refractivity contribution in [1.82, 2.24) is 10.2 Å². The van der Waals surface area contributed by atoms with E-state index in [1.165, 1.54) is 17.8 Å². The number of nitrogens with one attached hydrogen (secondary N) is 1. The van der Waals surface area contributed by atoms with Crippen LogP contribution in [0.5, 0.6) is 0 Å². The average Bonchev–Trinajstić information content (AvgIpc) is 2.72. The van der Waals surface area contributed by atoms with Gasteiger partial charge in [-0.1, -0.05) is 30.3 Å². The highest BCUT2D eigenvalue weighted by Gasteiger charge is 2.16. The van der Waals surface area contributed by atoms with Gasteiger partial charge in [-0.3, -0.25) is 9.69 Å². The second kappa shape index (κ2) is 10.1. The first-order valence-corrected chi connectivity index (χ1v) is 9.74. The average molecular weight is 369 g/mol. The van der Waals surface area contributed by atoms with Crippen molar-refractivity contribution in [2.75, 3.05) is 44.2 Å². The first-order chi connectivity index (χ1) is 13.2. The van der Waals surface area contributed by atoms with Crippen LogP contribution in [0, 0.1) is 5.82 Å². The minimum absolute atomic E-state index is 0.0632. The molecule has 1 aliphatic heterocycles. The van der Waals surface area contributed by atoms with E-state index in [-0.39, 0.29) is 11.7 Å². The highest BCUT2D eigenvalue weighted by atomic mass is 19.1. The van der Waals surface area contributed by atoms with Crippen molar-refractivity contribution in [2.24, 2.45) is 0 Å². The fourth-order valence-electron chi connectivity index (χ4n) is 3.40. The zero-order chi connectivity index (χ0) is 18.9. The molecule has 1 N–H and O–H groups in total. The van der Waals surface area contributed by atoms with Gasteiger partial charge in [0, 0.05) is 44.8 Å². The number of hydrogen-bond donors (Lipinski definition) is 1. The summed E-state index contributed by atoms with van der Waals surface area (Å²) in [5.41, 5.74) is 2.29. The van der Waals surface area contributed by atoms with Gasteiger partial charge in [-0.15, -0.1) is 0 Å². The van der Waals surface area contributed by atoms with Crippen LogP contribution in [-0.2, 0) is 11.2 Å². The van der Waals surface area contributed by atoms with Gasteiger partial charge in [0.05, 0.1) is 0 Å². The lowest BCUT2D eigenvalue weighted by molar-refractivity contribution is -0.121. The zero-order valence-corrected chi connectivity index (χ0v) is 15.7. The Morgan fingerprint density at radius 2 is 1.67 bits per heavy atom. The molecular weight excluding hydrogens is 341 g/mol. The molecule has 2 aromatic rings. The predicted molar refractivity (Wildman–Crippen MR) is 107 cm³/mol. The molecule has 0 saturated carbocycles. The smallest absolute Gasteiger partial charge is 0.220 e. The number of nitrogens with zero attached hydrogens (tertiary/aromatic N) is 2. The van der Waals surface area contributed by atoms with Crippen LogP contribution in [0.1, 0.15) is 18.4 Å². The van der Waals surface area contributed by atoms with Crippen LogP contribution in [0.25, 0.3) is 0 Å². The molecule has 4 nitrogen and oxygen atoms in total. The predicted octanol–water partition coefficient (Wildman–Crippen LogP) is 3.09. The molecule has 0 radical (unpaired) electrons. The van der Waals surface area contributed by atoms with Crippen LogP contribution in [-0.4, -0.2) is 50.1 Å². The summed E-state index contributed by atoms with van der Waals surface area (Å²) in [6, 6.07) is 16.9. The standard InChI is InChI=1S/C22H28FN3O/c23-20-10-7-19(8-11-20)9-12-22(27)24-13-4-14-25-15-17-26(18-16-25)21-5-2-1-3-6-21/h1-3,5-8,10-11H,4,9,12-18H2,(H,24,27). The Labute approximate surface area is 161 Å². The van der Waals surface area contributed by atoms with Gasteiger partial charge in [0.1, 0.15) is 5.82 Å². The third kappa shape index (κ3) is 6.36. The number of para-hydroxylation sites is 1. The van der Waals surface area contributed by atoms with Crippen molar-refractivity contribution in [3.05, 3.63) is 66.0 Å². The van der Waals surface area contributed by atoms with Crippen LogP contribution in [0.2, 0.25) is 0 Å². The zero-order valence-electron chi connectivity index (χ0n) is 15.7. The maximum atomic E-state index is 12.9. The number of hydrogen-bond acceptors (Lipinski definition) is 3. The molecular formula is C22H28FN3O. The van der Waals surface area contributed by atoms with E-state index in [9.17, 15) is 9.18 Å². The van der Waals surface area contributed by atoms with Gasteiger partial charge in [-0.05, 0) is 49.2 Å². The fraction of sp³-hybridized carbons (Fsp3) is 0.409. The van der Waals surface area contributed by atoms with Gasteiger partial charge in [-0.2, -0.15) is 0 Å². The summed E-state index contributed by atoms with van der Waals surface area (Å²) in [7, 11) is 0. The Balaban J connectivity index is 1.26. The molecule has 1 saturated heterocycles. The van der Waals surface area contributed by atoms with Gasteiger partial charge in [0.2, 0.25) is 5.91 Å². The number of carbonyl (C=O) groups excluding carboxylic acids is 1. The van der Waals surface area contributed by atoms with E-state index in [0.29, 0.717) is 19.4 Å². The summed E-state index contributed by atoms with van der Waals surface area (Å²) in [4.78, 5) is 16.8. The molecule has 0 bridgehead atoms. The normalized spacial score (nSPS) is 14.9. The van der Waals surface area contributed by atoms with Crippen molar-refractivity contribution in [2.45, 2.75) is 19.3 Å². The van der Waals surface area contributed by atoms with Gasteiger partial charge in [0.15, 0.2) is 0 Å². The molecule has 0 spiro atoms. The minimum atomic E-state index is -0.243. The van der Waals surface area contributed by atoms with Gasteiger partial charge >= 0.3 is 0 Å². The number of aryl methyl sites for hydroxylation is 1. The molecule has 0 atom stereocenters. The Morgan fingerprint density at radius 1 is 0.963 bits per heavy atom. The number of anilines is 1. The van der Waals surface area contributed by atoms with E-state index in [1.807, 2.05) is 6.07 Å². The van der Waals surface area contributed by atoms with Crippen molar-refractivity contribution >= 4 is 11.6 Å². The Kier molecular flexibility index (Phi) is 7.22. The molecule has 2 aromatic carbocycles. The summed E-state index contributed by atoms with van der Waals surface area (Å²) in [5.74, 6) is -0.180. The highest BCUT2D eigenvalue weighted by Crippen LogP contribution is 2.15. The van der Waals surface area contributed by atoms with E-state index in [1.54, 1.807) is 12.1 Å². The van der Waals surface area contributed by atoms with E-state index >= 15 is 0 Å². The molecule has 0 aromatic heterocycles. The molecule has 1 aliphatic rings. The van der Waals surface area contributed by atoms with Crippen molar-refractivity contribution in [3.8, 4) is 0 Å². The lowest BCUT2D eigenvalue weighted by Gasteiger charge is -2.36. The largest absolute Gasteiger partial charge is 0.369 e. The Morgan fingerprint density at radius 3 is 2.37 bits per heavy atom. The molecule has 27 heavy (non-hydrogen) atoms. The first kappa shape index (κ1) is 19.4. The summed E-state index contributed by atoms with van der Waals surface area (Å²) < 4.78 is 12.9. The topological polar surface area (TPSA) is 35.6 Å². The van der Waals surface area contributed by atoms with Gasteiger partial charge < -0.3 is 10.2 Å². The molecule has 0 unspecified atom stereocenters. The van der Waals surface area contributed by atoms with Crippen molar-refractivity contribution in [3.63, 3.8) is 0 Å². The van der Waals surface area contributed by atoms with E-state index in [0.717, 1.165) is 44.7 Å². The molecule has 0 aliphatic carbocycles. The van der Waals surface area contributed by atoms with Crippen molar-refractivity contribution < 1.29 is 9.18 Å². The van der Waals surface area contributed by atoms with Crippen LogP contribution in [0.15, 0.2) is 54.6 Å². The minimum Gasteiger partial charge on any atom is -0.369 e. The highest BCUT2D eigenvalue weighted by molar-refractivity contribution is 5.76. The maximum Gasteiger partial charge on any atom is 0.220 e. The third-order valence-corrected chi connectivity index (χ3v) is 5.02. The Hall–Kier alpha value is -2.40. The number of piperazine rings is 1. The SMILES string of the molecule is O=C(CCc1ccc(F)cc1)NCCCN1CCN(c2ccccc2)CC1. The number of amides is 1. The number of halogens is 1. The quantitative estimate of drug-likeness (QED) is 0.727. The molecule has 1 amide bonds. The van der Waals surface area contributed by atoms with E-state index < -0.39 is 0 Å². The number of benzene rings is 2. The second-order valence-electron chi connectivity index (χ2n) is 6.99. The second-order valence-corrected chi connectivity index (χ2v) is 6.99. The van der Waals surface area contributed by atoms with Crippen LogP contribution in [0.3, 0.4) is 0 Å².